The molecule has 0 bridgehead atoms. The van der Waals surface area contributed by atoms with E-state index in [-0.39, 0.29) is 10.5 Å². The molecule has 8 heteroatoms. The normalized spacial score (nSPS) is 11.9. The number of hydrogen-bond donors (Lipinski definition) is 1. The summed E-state index contributed by atoms with van der Waals surface area (Å²) in [6.45, 7) is 0. The zero-order valence-electron chi connectivity index (χ0n) is 11.8. The van der Waals surface area contributed by atoms with Gasteiger partial charge in [0.2, 0.25) is 10.0 Å². The maximum absolute atomic E-state index is 11.9. The molecule has 1 rings (SSSR count). The minimum atomic E-state index is -3.48. The highest BCUT2D eigenvalue weighted by Gasteiger charge is 2.16. The molecular weight excluding hydrogens is 294 g/mol. The predicted octanol–water partition coefficient (Wildman–Crippen LogP) is 0.929. The highest BCUT2D eigenvalue weighted by molar-refractivity contribution is 7.89. The summed E-state index contributed by atoms with van der Waals surface area (Å²) in [5.74, 6) is -0.753. The first kappa shape index (κ1) is 16.7. The Morgan fingerprint density at radius 3 is 2.33 bits per heavy atom. The van der Waals surface area contributed by atoms with E-state index in [1.165, 1.54) is 51.7 Å². The van der Waals surface area contributed by atoms with Gasteiger partial charge in [0.05, 0.1) is 12.0 Å². The van der Waals surface area contributed by atoms with Crippen molar-refractivity contribution < 1.29 is 17.9 Å². The number of methoxy groups -OCH3 is 1. The van der Waals surface area contributed by atoms with Gasteiger partial charge < -0.3 is 10.1 Å². The van der Waals surface area contributed by atoms with E-state index in [1.807, 2.05) is 0 Å². The molecular formula is C13H15N3O4S. The SMILES string of the molecule is COC(=O)/C(C#N)=C\Nc1ccc(S(=O)(=O)N(C)C)cc1. The van der Waals surface area contributed by atoms with Crippen LogP contribution >= 0.6 is 0 Å². The quantitative estimate of drug-likeness (QED) is 0.493. The molecule has 0 saturated heterocycles. The summed E-state index contributed by atoms with van der Waals surface area (Å²) in [5.41, 5.74) is 0.340. The highest BCUT2D eigenvalue weighted by atomic mass is 32.2. The first-order valence-electron chi connectivity index (χ1n) is 5.80. The average molecular weight is 309 g/mol. The van der Waals surface area contributed by atoms with Crippen molar-refractivity contribution in [1.29, 1.82) is 5.26 Å². The van der Waals surface area contributed by atoms with Crippen LogP contribution in [-0.2, 0) is 19.6 Å². The van der Waals surface area contributed by atoms with E-state index in [9.17, 15) is 13.2 Å². The van der Waals surface area contributed by atoms with Gasteiger partial charge in [0.1, 0.15) is 6.07 Å². The number of nitrogens with one attached hydrogen (secondary N) is 1. The molecule has 0 aliphatic carbocycles. The zero-order chi connectivity index (χ0) is 16.0. The van der Waals surface area contributed by atoms with Crippen LogP contribution in [0.25, 0.3) is 0 Å². The van der Waals surface area contributed by atoms with Crippen molar-refractivity contribution in [2.24, 2.45) is 0 Å². The Morgan fingerprint density at radius 1 is 1.33 bits per heavy atom. The number of carbonyl (C=O) groups excluding carboxylic acids is 1. The number of rotatable bonds is 5. The third-order valence-electron chi connectivity index (χ3n) is 2.54. The van der Waals surface area contributed by atoms with Crippen molar-refractivity contribution in [2.45, 2.75) is 4.90 Å². The number of benzene rings is 1. The number of sulfonamides is 1. The first-order valence-corrected chi connectivity index (χ1v) is 7.24. The largest absolute Gasteiger partial charge is 0.465 e. The third kappa shape index (κ3) is 4.05. The molecule has 0 atom stereocenters. The summed E-state index contributed by atoms with van der Waals surface area (Å²) in [4.78, 5) is 11.3. The summed E-state index contributed by atoms with van der Waals surface area (Å²) in [6.07, 6.45) is 1.20. The molecule has 112 valence electrons. The topological polar surface area (TPSA) is 99.5 Å². The first-order chi connectivity index (χ1) is 9.82. The Kier molecular flexibility index (Phi) is 5.46. The van der Waals surface area contributed by atoms with Gasteiger partial charge in [-0.1, -0.05) is 0 Å². The van der Waals surface area contributed by atoms with Crippen LogP contribution in [0.15, 0.2) is 40.9 Å². The van der Waals surface area contributed by atoms with Crippen LogP contribution in [0.3, 0.4) is 0 Å². The van der Waals surface area contributed by atoms with E-state index in [0.717, 1.165) is 4.31 Å². The summed E-state index contributed by atoms with van der Waals surface area (Å²) in [7, 11) is 0.580. The second-order valence-corrected chi connectivity index (χ2v) is 6.27. The van der Waals surface area contributed by atoms with E-state index in [2.05, 4.69) is 10.1 Å². The molecule has 0 aromatic heterocycles. The lowest BCUT2D eigenvalue weighted by Crippen LogP contribution is -2.22. The van der Waals surface area contributed by atoms with E-state index < -0.39 is 16.0 Å². The monoisotopic (exact) mass is 309 g/mol. The second kappa shape index (κ2) is 6.88. The van der Waals surface area contributed by atoms with Crippen molar-refractivity contribution in [3.05, 3.63) is 36.0 Å². The van der Waals surface area contributed by atoms with Gasteiger partial charge in [-0.25, -0.2) is 17.5 Å². The molecule has 0 aliphatic rings. The maximum Gasteiger partial charge on any atom is 0.350 e. The van der Waals surface area contributed by atoms with Crippen LogP contribution in [0.4, 0.5) is 5.69 Å². The molecule has 0 unspecified atom stereocenters. The molecule has 0 fully saturated rings. The van der Waals surface area contributed by atoms with Crippen LogP contribution < -0.4 is 5.32 Å². The van der Waals surface area contributed by atoms with Gasteiger partial charge in [-0.05, 0) is 24.3 Å². The van der Waals surface area contributed by atoms with Crippen LogP contribution in [-0.4, -0.2) is 39.9 Å². The zero-order valence-corrected chi connectivity index (χ0v) is 12.6. The molecule has 1 aromatic rings. The molecule has 0 saturated carbocycles. The van der Waals surface area contributed by atoms with Gasteiger partial charge in [-0.3, -0.25) is 0 Å². The Hall–Kier alpha value is -2.37. The highest BCUT2D eigenvalue weighted by Crippen LogP contribution is 2.16. The number of esters is 1. The van der Waals surface area contributed by atoms with Gasteiger partial charge in [-0.2, -0.15) is 5.26 Å². The summed E-state index contributed by atoms with van der Waals surface area (Å²) in [6, 6.07) is 7.60. The van der Waals surface area contributed by atoms with E-state index in [1.54, 1.807) is 6.07 Å². The Morgan fingerprint density at radius 2 is 1.90 bits per heavy atom. The van der Waals surface area contributed by atoms with Crippen LogP contribution in [0.2, 0.25) is 0 Å². The van der Waals surface area contributed by atoms with E-state index in [4.69, 9.17) is 5.26 Å². The Labute approximate surface area is 123 Å². The van der Waals surface area contributed by atoms with Crippen LogP contribution in [0, 0.1) is 11.3 Å². The Balaban J connectivity index is 2.93. The van der Waals surface area contributed by atoms with Crippen molar-refractivity contribution in [3.63, 3.8) is 0 Å². The molecule has 0 radical (unpaired) electrons. The summed E-state index contributed by atoms with van der Waals surface area (Å²) >= 11 is 0. The average Bonchev–Trinajstić information content (AvgIpc) is 2.47. The lowest BCUT2D eigenvalue weighted by molar-refractivity contribution is -0.135. The number of hydrogen-bond acceptors (Lipinski definition) is 6. The number of ether oxygens (including phenoxy) is 1. The van der Waals surface area contributed by atoms with Gasteiger partial charge >= 0.3 is 5.97 Å². The Bertz CT molecular complexity index is 685. The minimum absolute atomic E-state index is 0.149. The van der Waals surface area contributed by atoms with Crippen molar-refractivity contribution >= 4 is 21.7 Å². The fourth-order valence-electron chi connectivity index (χ4n) is 1.34. The molecule has 21 heavy (non-hydrogen) atoms. The third-order valence-corrected chi connectivity index (χ3v) is 4.37. The molecule has 0 aliphatic heterocycles. The molecule has 7 nitrogen and oxygen atoms in total. The predicted molar refractivity (Wildman–Crippen MR) is 76.6 cm³/mol. The summed E-state index contributed by atoms with van der Waals surface area (Å²) < 4.78 is 29.3. The van der Waals surface area contributed by atoms with Crippen molar-refractivity contribution in [3.8, 4) is 6.07 Å². The lowest BCUT2D eigenvalue weighted by Gasteiger charge is -2.11. The van der Waals surface area contributed by atoms with Gasteiger partial charge in [-0.15, -0.1) is 0 Å². The van der Waals surface area contributed by atoms with Crippen LogP contribution in [0.5, 0.6) is 0 Å². The minimum Gasteiger partial charge on any atom is -0.465 e. The fourth-order valence-corrected chi connectivity index (χ4v) is 2.24. The standard InChI is InChI=1S/C13H15N3O4S/c1-16(2)21(18,19)12-6-4-11(5-7-12)15-9-10(8-14)13(17)20-3/h4-7,9,15H,1-3H3/b10-9-. The van der Waals surface area contributed by atoms with Crippen molar-refractivity contribution in [2.75, 3.05) is 26.5 Å². The molecule has 1 N–H and O–H groups in total. The fraction of sp³-hybridized carbons (Fsp3) is 0.231. The molecule has 0 amide bonds. The number of nitriles is 1. The summed E-state index contributed by atoms with van der Waals surface area (Å²) in [5, 5.41) is 11.5. The molecule has 0 heterocycles. The number of anilines is 1. The van der Waals surface area contributed by atoms with Gasteiger partial charge in [0.15, 0.2) is 5.57 Å². The lowest BCUT2D eigenvalue weighted by atomic mass is 10.3. The smallest absolute Gasteiger partial charge is 0.350 e. The van der Waals surface area contributed by atoms with Gasteiger partial charge in [0.25, 0.3) is 0 Å². The molecule has 0 spiro atoms. The molecule has 1 aromatic carbocycles. The van der Waals surface area contributed by atoms with Gasteiger partial charge in [0, 0.05) is 26.0 Å². The van der Waals surface area contributed by atoms with E-state index >= 15 is 0 Å². The number of nitrogens with zero attached hydrogens (tertiary/aromatic N) is 2. The second-order valence-electron chi connectivity index (χ2n) is 4.12. The number of carbonyl (C=O) groups is 1. The van der Waals surface area contributed by atoms with E-state index in [0.29, 0.717) is 5.69 Å². The van der Waals surface area contributed by atoms with Crippen molar-refractivity contribution in [1.82, 2.24) is 4.31 Å². The van der Waals surface area contributed by atoms with Crippen LogP contribution in [0.1, 0.15) is 0 Å². The maximum atomic E-state index is 11.9.